The van der Waals surface area contributed by atoms with Gasteiger partial charge in [0.2, 0.25) is 10.0 Å². The number of hydrogen-bond donors (Lipinski definition) is 1. The lowest BCUT2D eigenvalue weighted by Gasteiger charge is -2.20. The highest BCUT2D eigenvalue weighted by atomic mass is 32.2. The minimum absolute atomic E-state index is 0.113. The molecule has 0 aliphatic rings. The largest absolute Gasteiger partial charge is 0.381 e. The van der Waals surface area contributed by atoms with E-state index in [1.807, 2.05) is 6.07 Å². The summed E-state index contributed by atoms with van der Waals surface area (Å²) in [5, 5.41) is 8.81. The Bertz CT molecular complexity index is 321. The molecule has 0 rings (SSSR count). The van der Waals surface area contributed by atoms with Gasteiger partial charge < -0.3 is 4.74 Å². The monoisotopic (exact) mass is 234 g/mol. The highest BCUT2D eigenvalue weighted by molar-refractivity contribution is 7.89. The number of nitriles is 1. The summed E-state index contributed by atoms with van der Waals surface area (Å²) in [5.41, 5.74) is -1.02. The summed E-state index contributed by atoms with van der Waals surface area (Å²) in [6, 6.07) is 1.94. The van der Waals surface area contributed by atoms with E-state index in [9.17, 15) is 8.42 Å². The maximum atomic E-state index is 11.5. The molecule has 6 heteroatoms. The first-order valence-corrected chi connectivity index (χ1v) is 6.55. The van der Waals surface area contributed by atoms with E-state index >= 15 is 0 Å². The van der Waals surface area contributed by atoms with Crippen molar-refractivity contribution in [2.45, 2.75) is 32.7 Å². The van der Waals surface area contributed by atoms with Crippen molar-refractivity contribution in [3.05, 3.63) is 0 Å². The summed E-state index contributed by atoms with van der Waals surface area (Å²) < 4.78 is 30.3. The molecule has 5 nitrogen and oxygen atoms in total. The third-order valence-corrected chi connectivity index (χ3v) is 3.50. The van der Waals surface area contributed by atoms with Crippen LogP contribution in [0.4, 0.5) is 0 Å². The predicted molar refractivity (Wildman–Crippen MR) is 57.7 cm³/mol. The van der Waals surface area contributed by atoms with Gasteiger partial charge in [-0.3, -0.25) is 0 Å². The number of ether oxygens (including phenoxy) is 1. The Morgan fingerprint density at radius 2 is 2.07 bits per heavy atom. The molecule has 0 aromatic carbocycles. The van der Waals surface area contributed by atoms with Crippen molar-refractivity contribution in [2.75, 3.05) is 19.0 Å². The molecule has 88 valence electrons. The van der Waals surface area contributed by atoms with Gasteiger partial charge in [0.05, 0.1) is 18.4 Å². The second-order valence-corrected chi connectivity index (χ2v) is 5.26. The van der Waals surface area contributed by atoms with Crippen LogP contribution in [0.1, 0.15) is 27.2 Å². The van der Waals surface area contributed by atoms with Gasteiger partial charge in [-0.1, -0.05) is 6.92 Å². The van der Waals surface area contributed by atoms with Crippen molar-refractivity contribution >= 4 is 10.0 Å². The van der Waals surface area contributed by atoms with E-state index in [0.29, 0.717) is 13.0 Å². The van der Waals surface area contributed by atoms with Gasteiger partial charge in [0.25, 0.3) is 0 Å². The van der Waals surface area contributed by atoms with Crippen LogP contribution in [0.3, 0.4) is 0 Å². The predicted octanol–water partition coefficient (Wildman–Crippen LogP) is 0.635. The summed E-state index contributed by atoms with van der Waals surface area (Å²) in [7, 11) is -3.43. The average Bonchev–Trinajstić information content (AvgIpc) is 2.17. The fraction of sp³-hybridized carbons (Fsp3) is 0.889. The maximum Gasteiger partial charge on any atom is 0.215 e. The quantitative estimate of drug-likeness (QED) is 0.655. The molecule has 1 unspecified atom stereocenters. The summed E-state index contributed by atoms with van der Waals surface area (Å²) in [6.45, 7) is 5.75. The smallest absolute Gasteiger partial charge is 0.215 e. The summed E-state index contributed by atoms with van der Waals surface area (Å²) in [4.78, 5) is 0. The molecule has 0 saturated carbocycles. The highest BCUT2D eigenvalue weighted by Crippen LogP contribution is 2.09. The Kier molecular flexibility index (Phi) is 5.80. The third kappa shape index (κ3) is 5.72. The molecular weight excluding hydrogens is 216 g/mol. The minimum atomic E-state index is -3.43. The third-order valence-electron chi connectivity index (χ3n) is 2.04. The van der Waals surface area contributed by atoms with Crippen LogP contribution in [-0.2, 0) is 14.8 Å². The van der Waals surface area contributed by atoms with Crippen LogP contribution in [0.2, 0.25) is 0 Å². The standard InChI is InChI=1S/C9H18N2O3S/c1-4-9(3,8-10)11-15(12,13)7-6-14-5-2/h11H,4-7H2,1-3H3. The molecule has 1 atom stereocenters. The fourth-order valence-electron chi connectivity index (χ4n) is 0.881. The van der Waals surface area contributed by atoms with Gasteiger partial charge >= 0.3 is 0 Å². The van der Waals surface area contributed by atoms with E-state index in [4.69, 9.17) is 10.00 Å². The van der Waals surface area contributed by atoms with E-state index in [0.717, 1.165) is 0 Å². The molecular formula is C9H18N2O3S. The lowest BCUT2D eigenvalue weighted by Crippen LogP contribution is -2.45. The Morgan fingerprint density at radius 3 is 2.47 bits per heavy atom. The SMILES string of the molecule is CCOCCS(=O)(=O)NC(C)(C#N)CC. The van der Waals surface area contributed by atoms with Gasteiger partial charge in [-0.2, -0.15) is 9.98 Å². The summed E-state index contributed by atoms with van der Waals surface area (Å²) in [6.07, 6.45) is 0.428. The Morgan fingerprint density at radius 1 is 1.47 bits per heavy atom. The second-order valence-electron chi connectivity index (χ2n) is 3.42. The number of hydrogen-bond acceptors (Lipinski definition) is 4. The highest BCUT2D eigenvalue weighted by Gasteiger charge is 2.27. The number of nitrogens with zero attached hydrogens (tertiary/aromatic N) is 1. The van der Waals surface area contributed by atoms with Crippen molar-refractivity contribution < 1.29 is 13.2 Å². The lowest BCUT2D eigenvalue weighted by molar-refractivity contribution is 0.163. The average molecular weight is 234 g/mol. The van der Waals surface area contributed by atoms with Gasteiger partial charge in [0.1, 0.15) is 5.54 Å². The molecule has 0 aliphatic carbocycles. The molecule has 0 saturated heterocycles. The van der Waals surface area contributed by atoms with Crippen LogP contribution < -0.4 is 4.72 Å². The molecule has 0 bridgehead atoms. The second kappa shape index (κ2) is 6.05. The fourth-order valence-corrected chi connectivity index (χ4v) is 2.20. The van der Waals surface area contributed by atoms with Crippen LogP contribution in [0.5, 0.6) is 0 Å². The van der Waals surface area contributed by atoms with Gasteiger partial charge in [0, 0.05) is 6.61 Å². The van der Waals surface area contributed by atoms with Crippen molar-refractivity contribution in [1.29, 1.82) is 5.26 Å². The molecule has 0 spiro atoms. The van der Waals surface area contributed by atoms with Crippen LogP contribution >= 0.6 is 0 Å². The van der Waals surface area contributed by atoms with E-state index in [1.54, 1.807) is 20.8 Å². The van der Waals surface area contributed by atoms with Crippen LogP contribution in [0.15, 0.2) is 0 Å². The minimum Gasteiger partial charge on any atom is -0.381 e. The van der Waals surface area contributed by atoms with Crippen molar-refractivity contribution in [1.82, 2.24) is 4.72 Å². The lowest BCUT2D eigenvalue weighted by atomic mass is 10.0. The van der Waals surface area contributed by atoms with E-state index in [2.05, 4.69) is 4.72 Å². The zero-order valence-corrected chi connectivity index (χ0v) is 10.2. The number of nitrogens with one attached hydrogen (secondary N) is 1. The Hall–Kier alpha value is -0.640. The van der Waals surface area contributed by atoms with Crippen LogP contribution in [0.25, 0.3) is 0 Å². The number of sulfonamides is 1. The van der Waals surface area contributed by atoms with Gasteiger partial charge in [-0.05, 0) is 20.3 Å². The maximum absolute atomic E-state index is 11.5. The van der Waals surface area contributed by atoms with Crippen LogP contribution in [0, 0.1) is 11.3 Å². The molecule has 0 aromatic heterocycles. The van der Waals surface area contributed by atoms with E-state index in [1.165, 1.54) is 0 Å². The molecule has 1 N–H and O–H groups in total. The van der Waals surface area contributed by atoms with Gasteiger partial charge in [0.15, 0.2) is 0 Å². The number of rotatable bonds is 7. The zero-order valence-electron chi connectivity index (χ0n) is 9.41. The normalized spacial score (nSPS) is 15.6. The van der Waals surface area contributed by atoms with Crippen molar-refractivity contribution in [3.63, 3.8) is 0 Å². The molecule has 0 amide bonds. The molecule has 0 aromatic rings. The Balaban J connectivity index is 4.32. The zero-order chi connectivity index (χ0) is 11.9. The summed E-state index contributed by atoms with van der Waals surface area (Å²) >= 11 is 0. The van der Waals surface area contributed by atoms with Crippen molar-refractivity contribution in [3.8, 4) is 6.07 Å². The molecule has 0 fully saturated rings. The van der Waals surface area contributed by atoms with E-state index in [-0.39, 0.29) is 12.4 Å². The molecule has 0 radical (unpaired) electrons. The summed E-state index contributed by atoms with van der Waals surface area (Å²) in [5.74, 6) is -0.113. The molecule has 0 aliphatic heterocycles. The van der Waals surface area contributed by atoms with Crippen LogP contribution in [-0.4, -0.2) is 32.9 Å². The molecule has 0 heterocycles. The van der Waals surface area contributed by atoms with E-state index < -0.39 is 15.6 Å². The van der Waals surface area contributed by atoms with Crippen molar-refractivity contribution in [2.24, 2.45) is 0 Å². The van der Waals surface area contributed by atoms with Gasteiger partial charge in [-0.15, -0.1) is 0 Å². The first-order valence-electron chi connectivity index (χ1n) is 4.89. The first kappa shape index (κ1) is 14.4. The van der Waals surface area contributed by atoms with Gasteiger partial charge in [-0.25, -0.2) is 8.42 Å². The topological polar surface area (TPSA) is 79.2 Å². The molecule has 15 heavy (non-hydrogen) atoms. The first-order chi connectivity index (χ1) is 6.89. The Labute approximate surface area is 91.5 Å².